The number of hydrogen-bond acceptors (Lipinski definition) is 4. The molecule has 1 saturated carbocycles. The Bertz CT molecular complexity index is 424. The lowest BCUT2D eigenvalue weighted by atomic mass is 9.68. The monoisotopic (exact) mass is 280 g/mol. The molecule has 2 atom stereocenters. The quantitative estimate of drug-likeness (QED) is 0.408. The van der Waals surface area contributed by atoms with Crippen molar-refractivity contribution in [3.8, 4) is 0 Å². The van der Waals surface area contributed by atoms with Crippen molar-refractivity contribution in [1.29, 1.82) is 0 Å². The highest BCUT2D eigenvalue weighted by Gasteiger charge is 2.47. The van der Waals surface area contributed by atoms with Crippen LogP contribution in [0.2, 0.25) is 0 Å². The molecule has 1 fully saturated rings. The van der Waals surface area contributed by atoms with Crippen molar-refractivity contribution < 1.29 is 19.1 Å². The number of hydrogen-bond donors (Lipinski definition) is 0. The van der Waals surface area contributed by atoms with Crippen LogP contribution < -0.4 is 0 Å². The molecule has 0 N–H and O–H groups in total. The van der Waals surface area contributed by atoms with Gasteiger partial charge in [0.25, 0.3) is 0 Å². The summed E-state index contributed by atoms with van der Waals surface area (Å²) in [7, 11) is 0. The second kappa shape index (κ2) is 6.73. The van der Waals surface area contributed by atoms with Gasteiger partial charge in [-0.2, -0.15) is 0 Å². The average molecular weight is 280 g/mol. The van der Waals surface area contributed by atoms with Crippen LogP contribution in [0.15, 0.2) is 24.3 Å². The molecule has 20 heavy (non-hydrogen) atoms. The summed E-state index contributed by atoms with van der Waals surface area (Å²) in [6, 6.07) is 0. The van der Waals surface area contributed by atoms with Gasteiger partial charge in [-0.15, -0.1) is 0 Å². The van der Waals surface area contributed by atoms with Gasteiger partial charge in [0, 0.05) is 11.1 Å². The minimum atomic E-state index is -0.411. The summed E-state index contributed by atoms with van der Waals surface area (Å²) in [5.74, 6) is -0.377. The molecule has 0 radical (unpaired) electrons. The number of esters is 2. The lowest BCUT2D eigenvalue weighted by Crippen LogP contribution is -2.49. The molecule has 0 aliphatic heterocycles. The molecule has 0 amide bonds. The summed E-state index contributed by atoms with van der Waals surface area (Å²) in [5.41, 5.74) is 0.397. The Morgan fingerprint density at radius 3 is 2.20 bits per heavy atom. The van der Waals surface area contributed by atoms with E-state index in [4.69, 9.17) is 9.47 Å². The lowest BCUT2D eigenvalue weighted by molar-refractivity contribution is -0.178. The second-order valence-electron chi connectivity index (χ2n) is 5.69. The van der Waals surface area contributed by atoms with E-state index in [1.54, 1.807) is 13.8 Å². The first-order chi connectivity index (χ1) is 9.28. The highest BCUT2D eigenvalue weighted by Crippen LogP contribution is 2.45. The molecule has 112 valence electrons. The Morgan fingerprint density at radius 1 is 1.20 bits per heavy atom. The van der Waals surface area contributed by atoms with Crippen molar-refractivity contribution in [2.45, 2.75) is 52.1 Å². The zero-order valence-corrected chi connectivity index (χ0v) is 12.7. The lowest BCUT2D eigenvalue weighted by Gasteiger charge is -2.47. The SMILES string of the molecule is C=C(C)C(=O)OCCCC1(OC(=O)C(=C)C)CCC1C. The maximum Gasteiger partial charge on any atom is 0.333 e. The zero-order chi connectivity index (χ0) is 15.3. The molecule has 2 unspecified atom stereocenters. The number of carbonyl (C=O) groups excluding carboxylic acids is 2. The Morgan fingerprint density at radius 2 is 1.80 bits per heavy atom. The van der Waals surface area contributed by atoms with E-state index in [1.807, 2.05) is 0 Å². The number of rotatable bonds is 7. The van der Waals surface area contributed by atoms with Gasteiger partial charge in [0.1, 0.15) is 5.60 Å². The van der Waals surface area contributed by atoms with Gasteiger partial charge in [-0.25, -0.2) is 9.59 Å². The van der Waals surface area contributed by atoms with Gasteiger partial charge in [0.05, 0.1) is 6.61 Å². The molecular weight excluding hydrogens is 256 g/mol. The minimum Gasteiger partial charge on any atom is -0.462 e. The molecule has 0 aromatic carbocycles. The predicted molar refractivity (Wildman–Crippen MR) is 77.0 cm³/mol. The first-order valence-electron chi connectivity index (χ1n) is 7.00. The molecule has 0 spiro atoms. The summed E-state index contributed by atoms with van der Waals surface area (Å²) in [6.45, 7) is 12.8. The molecule has 0 saturated heterocycles. The predicted octanol–water partition coefficient (Wildman–Crippen LogP) is 3.17. The molecular formula is C16H24O4. The van der Waals surface area contributed by atoms with Crippen molar-refractivity contribution >= 4 is 11.9 Å². The van der Waals surface area contributed by atoms with E-state index in [9.17, 15) is 9.59 Å². The van der Waals surface area contributed by atoms with E-state index in [1.165, 1.54) is 0 Å². The maximum absolute atomic E-state index is 11.7. The van der Waals surface area contributed by atoms with Crippen LogP contribution in [0.3, 0.4) is 0 Å². The van der Waals surface area contributed by atoms with Gasteiger partial charge in [0.2, 0.25) is 0 Å². The van der Waals surface area contributed by atoms with Gasteiger partial charge >= 0.3 is 11.9 Å². The smallest absolute Gasteiger partial charge is 0.333 e. The van der Waals surface area contributed by atoms with Crippen LogP contribution in [-0.4, -0.2) is 24.1 Å². The van der Waals surface area contributed by atoms with Crippen LogP contribution in [0.4, 0.5) is 0 Å². The van der Waals surface area contributed by atoms with Crippen LogP contribution in [0.5, 0.6) is 0 Å². The summed E-state index contributed by atoms with van der Waals surface area (Å²) in [6.07, 6.45) is 3.29. The molecule has 0 aromatic heterocycles. The normalized spacial score (nSPS) is 24.4. The van der Waals surface area contributed by atoms with E-state index < -0.39 is 5.60 Å². The third-order valence-corrected chi connectivity index (χ3v) is 3.87. The van der Waals surface area contributed by atoms with Crippen molar-refractivity contribution in [1.82, 2.24) is 0 Å². The highest BCUT2D eigenvalue weighted by atomic mass is 16.6. The molecule has 0 heterocycles. The fraction of sp³-hybridized carbons (Fsp3) is 0.625. The Kier molecular flexibility index (Phi) is 5.54. The molecule has 1 rings (SSSR count). The zero-order valence-electron chi connectivity index (χ0n) is 12.7. The van der Waals surface area contributed by atoms with Crippen LogP contribution in [0.25, 0.3) is 0 Å². The third-order valence-electron chi connectivity index (χ3n) is 3.87. The second-order valence-corrected chi connectivity index (χ2v) is 5.69. The van der Waals surface area contributed by atoms with E-state index in [-0.39, 0.29) is 11.9 Å². The number of ether oxygens (including phenoxy) is 2. The third kappa shape index (κ3) is 3.95. The van der Waals surface area contributed by atoms with Crippen molar-refractivity contribution in [2.24, 2.45) is 5.92 Å². The van der Waals surface area contributed by atoms with Crippen LogP contribution in [0, 0.1) is 5.92 Å². The van der Waals surface area contributed by atoms with Gasteiger partial charge < -0.3 is 9.47 Å². The number of carbonyl (C=O) groups is 2. The van der Waals surface area contributed by atoms with Crippen molar-refractivity contribution in [3.05, 3.63) is 24.3 Å². The topological polar surface area (TPSA) is 52.6 Å². The average Bonchev–Trinajstić information content (AvgIpc) is 2.39. The van der Waals surface area contributed by atoms with E-state index in [0.29, 0.717) is 36.5 Å². The maximum atomic E-state index is 11.7. The molecule has 1 aliphatic carbocycles. The van der Waals surface area contributed by atoms with Gasteiger partial charge in [0.15, 0.2) is 0 Å². The van der Waals surface area contributed by atoms with Crippen LogP contribution in [-0.2, 0) is 19.1 Å². The minimum absolute atomic E-state index is 0.324. The van der Waals surface area contributed by atoms with Gasteiger partial charge in [-0.1, -0.05) is 20.1 Å². The van der Waals surface area contributed by atoms with E-state index in [0.717, 1.165) is 12.8 Å². The largest absolute Gasteiger partial charge is 0.462 e. The molecule has 0 bridgehead atoms. The molecule has 4 nitrogen and oxygen atoms in total. The summed E-state index contributed by atoms with van der Waals surface area (Å²) in [4.78, 5) is 23.0. The first-order valence-corrected chi connectivity index (χ1v) is 7.00. The van der Waals surface area contributed by atoms with Gasteiger partial charge in [-0.05, 0) is 45.4 Å². The highest BCUT2D eigenvalue weighted by molar-refractivity contribution is 5.87. The molecule has 1 aliphatic rings. The summed E-state index contributed by atoms with van der Waals surface area (Å²) in [5, 5.41) is 0. The summed E-state index contributed by atoms with van der Waals surface area (Å²) < 4.78 is 10.7. The standard InChI is InChI=1S/C16H24O4/c1-11(2)14(17)19-10-6-8-16(9-7-13(16)5)20-15(18)12(3)4/h13H,1,3,6-10H2,2,4-5H3. The van der Waals surface area contributed by atoms with E-state index in [2.05, 4.69) is 20.1 Å². The Labute approximate surface area is 120 Å². The summed E-state index contributed by atoms with van der Waals surface area (Å²) >= 11 is 0. The van der Waals surface area contributed by atoms with Crippen LogP contribution in [0.1, 0.15) is 46.5 Å². The van der Waals surface area contributed by atoms with Crippen molar-refractivity contribution in [2.75, 3.05) is 6.61 Å². The molecule has 0 aromatic rings. The Balaban J connectivity index is 2.44. The fourth-order valence-electron chi connectivity index (χ4n) is 2.26. The van der Waals surface area contributed by atoms with Crippen LogP contribution >= 0.6 is 0 Å². The fourth-order valence-corrected chi connectivity index (χ4v) is 2.26. The van der Waals surface area contributed by atoms with Crippen molar-refractivity contribution in [3.63, 3.8) is 0 Å². The first kappa shape index (κ1) is 16.5. The van der Waals surface area contributed by atoms with E-state index >= 15 is 0 Å². The molecule has 4 heteroatoms. The Hall–Kier alpha value is -1.58. The van der Waals surface area contributed by atoms with Gasteiger partial charge in [-0.3, -0.25) is 0 Å².